The van der Waals surface area contributed by atoms with Gasteiger partial charge >= 0.3 is 11.8 Å². The van der Waals surface area contributed by atoms with Crippen molar-refractivity contribution in [3.8, 4) is 0 Å². The van der Waals surface area contributed by atoms with E-state index >= 15 is 0 Å². The van der Waals surface area contributed by atoms with Crippen molar-refractivity contribution in [3.05, 3.63) is 0 Å². The summed E-state index contributed by atoms with van der Waals surface area (Å²) in [7, 11) is 0. The van der Waals surface area contributed by atoms with E-state index in [-0.39, 0.29) is 0 Å². The molecule has 1 N–H and O–H groups in total. The van der Waals surface area contributed by atoms with Gasteiger partial charge in [0.05, 0.1) is 0 Å². The maximum atomic E-state index is 13.7. The van der Waals surface area contributed by atoms with Crippen molar-refractivity contribution in [2.45, 2.75) is 45.6 Å². The van der Waals surface area contributed by atoms with Crippen LogP contribution in [0.15, 0.2) is 0 Å². The van der Waals surface area contributed by atoms with Gasteiger partial charge in [-0.15, -0.1) is 0 Å². The number of piperidine rings is 1. The molecule has 0 spiro atoms. The first-order chi connectivity index (χ1) is 7.53. The van der Waals surface area contributed by atoms with Gasteiger partial charge in [-0.1, -0.05) is 27.7 Å². The van der Waals surface area contributed by atoms with Crippen molar-refractivity contribution >= 4 is 5.91 Å². The lowest BCUT2D eigenvalue weighted by Gasteiger charge is -2.45. The highest BCUT2D eigenvalue weighted by molar-refractivity contribution is 5.82. The Morgan fingerprint density at radius 3 is 1.82 bits per heavy atom. The molecular weight excluding hydrogens is 238 g/mol. The van der Waals surface area contributed by atoms with Crippen LogP contribution in [0.2, 0.25) is 0 Å². The third-order valence-electron chi connectivity index (χ3n) is 3.14. The van der Waals surface area contributed by atoms with E-state index in [4.69, 9.17) is 0 Å². The summed E-state index contributed by atoms with van der Waals surface area (Å²) in [6.45, 7) is 5.43. The van der Waals surface area contributed by atoms with Gasteiger partial charge in [-0.05, 0) is 11.8 Å². The van der Waals surface area contributed by atoms with Crippen molar-refractivity contribution in [2.24, 2.45) is 17.8 Å². The number of hydrogen-bond donors (Lipinski definition) is 1. The first kappa shape index (κ1) is 14.3. The van der Waals surface area contributed by atoms with Crippen LogP contribution in [0.25, 0.3) is 0 Å². The number of rotatable bonds is 2. The van der Waals surface area contributed by atoms with Gasteiger partial charge in [-0.3, -0.25) is 4.79 Å². The second-order valence-corrected chi connectivity index (χ2v) is 5.20. The van der Waals surface area contributed by atoms with E-state index < -0.39 is 41.5 Å². The maximum Gasteiger partial charge on any atom is 0.330 e. The van der Waals surface area contributed by atoms with E-state index in [9.17, 15) is 22.4 Å². The highest BCUT2D eigenvalue weighted by Gasteiger charge is 2.70. The lowest BCUT2D eigenvalue weighted by molar-refractivity contribution is -0.270. The molecular formula is C11H17F4NO. The Kier molecular flexibility index (Phi) is 3.47. The van der Waals surface area contributed by atoms with Crippen molar-refractivity contribution in [1.82, 2.24) is 5.32 Å². The van der Waals surface area contributed by atoms with E-state index in [1.807, 2.05) is 5.32 Å². The molecule has 100 valence electrons. The molecule has 1 aliphatic heterocycles. The van der Waals surface area contributed by atoms with Crippen molar-refractivity contribution < 1.29 is 22.4 Å². The van der Waals surface area contributed by atoms with E-state index in [1.54, 1.807) is 0 Å². The van der Waals surface area contributed by atoms with Crippen molar-refractivity contribution in [3.63, 3.8) is 0 Å². The molecule has 1 aliphatic rings. The summed E-state index contributed by atoms with van der Waals surface area (Å²) in [6, 6.07) is -1.82. The zero-order valence-corrected chi connectivity index (χ0v) is 10.2. The van der Waals surface area contributed by atoms with Gasteiger partial charge in [0.15, 0.2) is 0 Å². The van der Waals surface area contributed by atoms with Crippen molar-refractivity contribution in [1.29, 1.82) is 0 Å². The predicted molar refractivity (Wildman–Crippen MR) is 55.0 cm³/mol. The minimum absolute atomic E-state index is 0.757. The number of halogens is 4. The summed E-state index contributed by atoms with van der Waals surface area (Å²) in [4.78, 5) is 11.5. The molecule has 1 fully saturated rings. The number of carbonyl (C=O) groups is 1. The zero-order valence-electron chi connectivity index (χ0n) is 10.2. The summed E-state index contributed by atoms with van der Waals surface area (Å²) in [5.41, 5.74) is 0. The molecule has 6 heteroatoms. The number of hydrogen-bond acceptors (Lipinski definition) is 1. The molecule has 0 aliphatic carbocycles. The minimum Gasteiger partial charge on any atom is -0.346 e. The van der Waals surface area contributed by atoms with Crippen LogP contribution in [0.3, 0.4) is 0 Å². The number of nitrogens with one attached hydrogen (secondary N) is 1. The lowest BCUT2D eigenvalue weighted by atomic mass is 9.77. The standard InChI is InChI=1S/C11H17F4NO/c1-5(2)7-9(17)16-8(6(3)4)11(14,15)10(7,12)13/h5-8H,1-4H3,(H,16,17). The molecule has 17 heavy (non-hydrogen) atoms. The fourth-order valence-corrected chi connectivity index (χ4v) is 2.22. The number of alkyl halides is 4. The molecule has 1 saturated heterocycles. The highest BCUT2D eigenvalue weighted by atomic mass is 19.3. The van der Waals surface area contributed by atoms with Gasteiger partial charge in [-0.2, -0.15) is 17.6 Å². The van der Waals surface area contributed by atoms with Crippen LogP contribution in [-0.4, -0.2) is 23.8 Å². The lowest BCUT2D eigenvalue weighted by Crippen LogP contribution is -2.70. The molecule has 0 radical (unpaired) electrons. The van der Waals surface area contributed by atoms with Crippen molar-refractivity contribution in [2.75, 3.05) is 0 Å². The van der Waals surface area contributed by atoms with Crippen LogP contribution in [0.5, 0.6) is 0 Å². The largest absolute Gasteiger partial charge is 0.346 e. The van der Waals surface area contributed by atoms with Gasteiger partial charge in [0.25, 0.3) is 0 Å². The van der Waals surface area contributed by atoms with Crippen LogP contribution in [0.1, 0.15) is 27.7 Å². The molecule has 0 aromatic carbocycles. The van der Waals surface area contributed by atoms with E-state index in [0.29, 0.717) is 0 Å². The van der Waals surface area contributed by atoms with E-state index in [2.05, 4.69) is 0 Å². The Morgan fingerprint density at radius 2 is 1.47 bits per heavy atom. The summed E-state index contributed by atoms with van der Waals surface area (Å²) in [6.07, 6.45) is 0. The van der Waals surface area contributed by atoms with Gasteiger partial charge in [0, 0.05) is 0 Å². The molecule has 2 nitrogen and oxygen atoms in total. The average Bonchev–Trinajstić information content (AvgIpc) is 2.10. The second kappa shape index (κ2) is 4.14. The summed E-state index contributed by atoms with van der Waals surface area (Å²) >= 11 is 0. The second-order valence-electron chi connectivity index (χ2n) is 5.20. The maximum absolute atomic E-state index is 13.7. The Balaban J connectivity index is 3.20. The van der Waals surface area contributed by atoms with Gasteiger partial charge < -0.3 is 5.32 Å². The molecule has 2 atom stereocenters. The molecule has 0 saturated carbocycles. The first-order valence-electron chi connectivity index (χ1n) is 5.59. The first-order valence-corrected chi connectivity index (χ1v) is 5.59. The summed E-state index contributed by atoms with van der Waals surface area (Å²) in [5.74, 6) is -13.1. The predicted octanol–water partition coefficient (Wildman–Crippen LogP) is 2.68. The van der Waals surface area contributed by atoms with Crippen LogP contribution < -0.4 is 5.32 Å². The Morgan fingerprint density at radius 1 is 1.00 bits per heavy atom. The molecule has 2 unspecified atom stereocenters. The fourth-order valence-electron chi connectivity index (χ4n) is 2.22. The van der Waals surface area contributed by atoms with Gasteiger partial charge in [0.1, 0.15) is 12.0 Å². The third-order valence-corrected chi connectivity index (χ3v) is 3.14. The molecule has 0 aromatic rings. The molecule has 0 bridgehead atoms. The Bertz CT molecular complexity index is 315. The molecule has 1 amide bonds. The van der Waals surface area contributed by atoms with Crippen LogP contribution in [0.4, 0.5) is 17.6 Å². The van der Waals surface area contributed by atoms with Gasteiger partial charge in [0.2, 0.25) is 5.91 Å². The number of carbonyl (C=O) groups excluding carboxylic acids is 1. The van der Waals surface area contributed by atoms with E-state index in [1.165, 1.54) is 27.7 Å². The van der Waals surface area contributed by atoms with Crippen LogP contribution in [0, 0.1) is 17.8 Å². The van der Waals surface area contributed by atoms with E-state index in [0.717, 1.165) is 0 Å². The quantitative estimate of drug-likeness (QED) is 0.755. The smallest absolute Gasteiger partial charge is 0.330 e. The zero-order chi connectivity index (χ0) is 13.6. The van der Waals surface area contributed by atoms with Gasteiger partial charge in [-0.25, -0.2) is 0 Å². The molecule has 1 heterocycles. The topological polar surface area (TPSA) is 29.1 Å². The summed E-state index contributed by atoms with van der Waals surface area (Å²) < 4.78 is 54.9. The Labute approximate surface area is 97.8 Å². The SMILES string of the molecule is CC(C)C1NC(=O)C(C(C)C)C(F)(F)C1(F)F. The summed E-state index contributed by atoms with van der Waals surface area (Å²) in [5, 5.41) is 2.02. The third kappa shape index (κ3) is 2.02. The monoisotopic (exact) mass is 255 g/mol. The average molecular weight is 255 g/mol. The fraction of sp³-hybridized carbons (Fsp3) is 0.909. The Hall–Kier alpha value is -0.810. The minimum atomic E-state index is -4.31. The van der Waals surface area contributed by atoms with Crippen LogP contribution >= 0.6 is 0 Å². The highest BCUT2D eigenvalue weighted by Crippen LogP contribution is 2.49. The number of amides is 1. The molecule has 1 rings (SSSR count). The normalized spacial score (nSPS) is 31.8. The molecule has 0 aromatic heterocycles. The van der Waals surface area contributed by atoms with Crippen LogP contribution in [-0.2, 0) is 4.79 Å².